The summed E-state index contributed by atoms with van der Waals surface area (Å²) in [5.41, 5.74) is 8.28. The first kappa shape index (κ1) is 26.6. The van der Waals surface area contributed by atoms with Gasteiger partial charge in [-0.3, -0.25) is 0 Å². The van der Waals surface area contributed by atoms with Gasteiger partial charge in [0.05, 0.1) is 0 Å². The van der Waals surface area contributed by atoms with Crippen molar-refractivity contribution in [3.05, 3.63) is 72.0 Å². The average molecular weight is 534 g/mol. The van der Waals surface area contributed by atoms with Gasteiger partial charge in [-0.2, -0.15) is 0 Å². The summed E-state index contributed by atoms with van der Waals surface area (Å²) in [6.07, 6.45) is 2.23. The molecule has 0 N–H and O–H groups in total. The molecular weight excluding hydrogens is 498 g/mol. The second-order valence-electron chi connectivity index (χ2n) is 8.94. The molecule has 2 nitrogen and oxygen atoms in total. The van der Waals surface area contributed by atoms with Crippen molar-refractivity contribution in [1.29, 1.82) is 0 Å². The summed E-state index contributed by atoms with van der Waals surface area (Å²) in [6, 6.07) is 13.5. The molecule has 3 rings (SSSR count). The molecule has 2 aromatic rings. The maximum absolute atomic E-state index is 9.50. The van der Waals surface area contributed by atoms with Crippen LogP contribution in [-0.4, -0.2) is 17.1 Å². The van der Waals surface area contributed by atoms with E-state index in [-0.39, 0.29) is 0 Å². The predicted octanol–water partition coefficient (Wildman–Crippen LogP) is 7.63. The molecule has 0 saturated carbocycles. The van der Waals surface area contributed by atoms with Crippen LogP contribution in [0.4, 0.5) is 20.2 Å². The van der Waals surface area contributed by atoms with Gasteiger partial charge in [-0.05, 0) is 6.93 Å². The zero-order chi connectivity index (χ0) is 24.0. The van der Waals surface area contributed by atoms with Gasteiger partial charge >= 0.3 is 190 Å². The number of halogens is 2. The minimum absolute atomic E-state index is 0.480. The second kappa shape index (κ2) is 12.0. The summed E-state index contributed by atoms with van der Waals surface area (Å²) >= 11 is 4.04. The third-order valence-corrected chi connectivity index (χ3v) is 6.67. The summed E-state index contributed by atoms with van der Waals surface area (Å²) in [5.74, 6) is 1.45. The Bertz CT molecular complexity index is 882. The molecule has 0 unspecified atom stereocenters. The predicted molar refractivity (Wildman–Crippen MR) is 130 cm³/mol. The Morgan fingerprint density at radius 2 is 1.12 bits per heavy atom. The van der Waals surface area contributed by atoms with E-state index in [2.05, 4.69) is 122 Å². The van der Waals surface area contributed by atoms with Crippen LogP contribution in [-0.2, 0) is 20.6 Å². The number of benzene rings is 2. The smallest absolute Gasteiger partial charge is 0.0120 e. The molecule has 1 aliphatic rings. The van der Waals surface area contributed by atoms with Crippen molar-refractivity contribution >= 4 is 15.3 Å². The minimum Gasteiger partial charge on any atom is -0.425 e. The first-order valence-electron chi connectivity index (χ1n) is 11.3. The molecule has 0 aromatic heterocycles. The van der Waals surface area contributed by atoms with E-state index in [0.717, 1.165) is 17.1 Å². The third kappa shape index (κ3) is 5.65. The largest absolute Gasteiger partial charge is 0.425 e. The van der Waals surface area contributed by atoms with Crippen LogP contribution in [0.15, 0.2) is 36.4 Å². The molecule has 1 fully saturated rings. The number of rotatable bonds is 6. The van der Waals surface area contributed by atoms with Gasteiger partial charge in [0.15, 0.2) is 0 Å². The standard InChI is InChI=1S/C26H35N2.CHF2.Ag/c1-8-21-11-9-12-22(18(2)3)25(21)27-15-16-28(17-27)26-23(19(4)5)13-10-14-24(26)20(6)7;2-1-3;/h8-14,18-20H,15-16H2,1-7H3;1H;/q2*-1;. The summed E-state index contributed by atoms with van der Waals surface area (Å²) in [5, 5.41) is 0. The molecule has 0 aliphatic carbocycles. The van der Waals surface area contributed by atoms with E-state index in [9.17, 15) is 8.78 Å². The van der Waals surface area contributed by atoms with E-state index in [1.165, 1.54) is 33.6 Å². The van der Waals surface area contributed by atoms with Crippen molar-refractivity contribution < 1.29 is 29.4 Å². The molecule has 32 heavy (non-hydrogen) atoms. The molecule has 1 saturated heterocycles. The Morgan fingerprint density at radius 3 is 1.53 bits per heavy atom. The van der Waals surface area contributed by atoms with E-state index in [1.807, 2.05) is 0 Å². The monoisotopic (exact) mass is 533 g/mol. The van der Waals surface area contributed by atoms with Gasteiger partial charge in [0.25, 0.3) is 0 Å². The van der Waals surface area contributed by atoms with Crippen molar-refractivity contribution in [2.75, 3.05) is 22.9 Å². The number of anilines is 2. The van der Waals surface area contributed by atoms with Gasteiger partial charge in [-0.15, -0.1) is 0 Å². The number of nitrogens with zero attached hydrogens (tertiary/aromatic N) is 2. The van der Waals surface area contributed by atoms with Crippen LogP contribution < -0.4 is 9.80 Å². The molecule has 0 bridgehead atoms. The Labute approximate surface area is 205 Å². The van der Waals surface area contributed by atoms with E-state index in [1.54, 1.807) is 0 Å². The molecule has 0 atom stereocenters. The molecule has 5 heteroatoms. The average Bonchev–Trinajstić information content (AvgIpc) is 3.13. The maximum Gasteiger partial charge on any atom is -0.0120 e. The Kier molecular flexibility index (Phi) is 10.00. The molecule has 0 amide bonds. The van der Waals surface area contributed by atoms with Crippen molar-refractivity contribution in [3.63, 3.8) is 0 Å². The molecule has 1 heterocycles. The van der Waals surface area contributed by atoms with E-state index >= 15 is 0 Å². The van der Waals surface area contributed by atoms with Gasteiger partial charge in [0.2, 0.25) is 0 Å². The minimum atomic E-state index is -1.00. The van der Waals surface area contributed by atoms with Crippen molar-refractivity contribution in [3.8, 4) is 0 Å². The molecule has 0 spiro atoms. The van der Waals surface area contributed by atoms with Crippen LogP contribution >= 0.6 is 0 Å². The topological polar surface area (TPSA) is 6.48 Å². The van der Waals surface area contributed by atoms with Crippen molar-refractivity contribution in [1.82, 2.24) is 0 Å². The third-order valence-electron chi connectivity index (χ3n) is 5.87. The first-order chi connectivity index (χ1) is 15.2. The molecule has 0 radical (unpaired) electrons. The summed E-state index contributed by atoms with van der Waals surface area (Å²) in [4.78, 5) is 4.95. The van der Waals surface area contributed by atoms with Gasteiger partial charge in [0, 0.05) is 0 Å². The summed E-state index contributed by atoms with van der Waals surface area (Å²) < 4.78 is 20.2. The Hall–Kier alpha value is -1.62. The Balaban J connectivity index is 0.00000114. The van der Waals surface area contributed by atoms with Gasteiger partial charge in [-0.1, -0.05) is 0 Å². The molecule has 1 aliphatic heterocycles. The van der Waals surface area contributed by atoms with E-state index in [0.29, 0.717) is 17.8 Å². The molecule has 181 valence electrons. The van der Waals surface area contributed by atoms with E-state index in [4.69, 9.17) is 0 Å². The fourth-order valence-corrected chi connectivity index (χ4v) is 4.98. The summed E-state index contributed by atoms with van der Waals surface area (Å²) in [7, 11) is 0. The normalized spacial score (nSPS) is 13.9. The van der Waals surface area contributed by atoms with Crippen LogP contribution in [0, 0.1) is 13.3 Å². The maximum atomic E-state index is 9.50. The van der Waals surface area contributed by atoms with Gasteiger partial charge in [0.1, 0.15) is 0 Å². The van der Waals surface area contributed by atoms with Crippen LogP contribution in [0.1, 0.15) is 88.5 Å². The number of para-hydroxylation sites is 2. The number of hydrogen-bond donors (Lipinski definition) is 0. The fourth-order valence-electron chi connectivity index (χ4n) is 4.32. The van der Waals surface area contributed by atoms with Crippen LogP contribution in [0.2, 0.25) is 0 Å². The van der Waals surface area contributed by atoms with Crippen LogP contribution in [0.25, 0.3) is 0 Å². The summed E-state index contributed by atoms with van der Waals surface area (Å²) in [6.45, 7) is 16.8. The van der Waals surface area contributed by atoms with Crippen molar-refractivity contribution in [2.45, 2.75) is 66.2 Å². The quantitative estimate of drug-likeness (QED) is 0.278. The first-order valence-corrected chi connectivity index (χ1v) is 12.0. The van der Waals surface area contributed by atoms with Gasteiger partial charge < -0.3 is 8.78 Å². The fraction of sp³-hybridized carbons (Fsp3) is 0.444. The van der Waals surface area contributed by atoms with Crippen LogP contribution in [0.5, 0.6) is 0 Å². The zero-order valence-electron chi connectivity index (χ0n) is 20.2. The molecular formula is C27H36AgF2N2-2. The SMILES string of the molecule is C[CH-]c1cccc(C(C)C)c1N1CCN(c2c(C(C)C)cccc2C(C)C)[C]1=[Ag].F[CH-]F. The molecule has 2 aromatic carbocycles. The van der Waals surface area contributed by atoms with Crippen molar-refractivity contribution in [2.24, 2.45) is 0 Å². The Morgan fingerprint density at radius 1 is 0.750 bits per heavy atom. The van der Waals surface area contributed by atoms with E-state index < -0.39 is 6.93 Å². The van der Waals surface area contributed by atoms with Crippen LogP contribution in [0.3, 0.4) is 0 Å². The second-order valence-corrected chi connectivity index (χ2v) is 9.61. The number of hydrogen-bond acceptors (Lipinski definition) is 2. The zero-order valence-corrected chi connectivity index (χ0v) is 21.7. The van der Waals surface area contributed by atoms with Gasteiger partial charge in [-0.25, -0.2) is 0 Å².